The normalized spacial score (nSPS) is 17.6. The minimum absolute atomic E-state index is 0.140. The Bertz CT molecular complexity index is 860. The first kappa shape index (κ1) is 15.5. The van der Waals surface area contributed by atoms with Gasteiger partial charge in [0.05, 0.1) is 11.3 Å². The Morgan fingerprint density at radius 2 is 2.17 bits per heavy atom. The number of nitrogens with zero attached hydrogens (tertiary/aromatic N) is 3. The SMILES string of the molecule is O=C1CCC(NC(=O)Cc2cc([N+](=O)[O-])cc3n[nH]nc23)C(=O)N1. The highest BCUT2D eigenvalue weighted by Crippen LogP contribution is 2.22. The third kappa shape index (κ3) is 3.04. The fourth-order valence-electron chi connectivity index (χ4n) is 2.49. The van der Waals surface area contributed by atoms with Gasteiger partial charge in [-0.15, -0.1) is 0 Å². The number of nitro benzene ring substituents is 1. The number of aromatic nitrogens is 3. The lowest BCUT2D eigenvalue weighted by Gasteiger charge is -2.21. The third-order valence-electron chi connectivity index (χ3n) is 3.62. The molecule has 1 saturated heterocycles. The first-order valence-electron chi connectivity index (χ1n) is 7.05. The van der Waals surface area contributed by atoms with Gasteiger partial charge in [-0.3, -0.25) is 29.8 Å². The lowest BCUT2D eigenvalue weighted by Crippen LogP contribution is -2.52. The second-order valence-corrected chi connectivity index (χ2v) is 5.30. The zero-order valence-electron chi connectivity index (χ0n) is 12.2. The molecule has 0 bridgehead atoms. The largest absolute Gasteiger partial charge is 0.344 e. The average Bonchev–Trinajstić information content (AvgIpc) is 2.98. The van der Waals surface area contributed by atoms with Crippen LogP contribution in [0.3, 0.4) is 0 Å². The number of H-pyrrole nitrogens is 1. The average molecular weight is 332 g/mol. The maximum atomic E-state index is 12.2. The number of hydrogen-bond donors (Lipinski definition) is 3. The van der Waals surface area contributed by atoms with Gasteiger partial charge in [-0.2, -0.15) is 15.4 Å². The molecule has 124 valence electrons. The van der Waals surface area contributed by atoms with Crippen molar-refractivity contribution in [2.75, 3.05) is 0 Å². The number of carbonyl (C=O) groups excluding carboxylic acids is 3. The monoisotopic (exact) mass is 332 g/mol. The van der Waals surface area contributed by atoms with E-state index in [1.165, 1.54) is 12.1 Å². The van der Waals surface area contributed by atoms with E-state index in [4.69, 9.17) is 0 Å². The molecule has 2 aromatic rings. The van der Waals surface area contributed by atoms with E-state index in [-0.39, 0.29) is 36.4 Å². The number of carbonyl (C=O) groups is 3. The molecular formula is C13H12N6O5. The number of imide groups is 1. The Morgan fingerprint density at radius 1 is 1.38 bits per heavy atom. The number of rotatable bonds is 4. The molecule has 24 heavy (non-hydrogen) atoms. The number of fused-ring (bicyclic) bond motifs is 1. The Hall–Kier alpha value is -3.37. The maximum Gasteiger partial charge on any atom is 0.272 e. The second kappa shape index (κ2) is 6.02. The summed E-state index contributed by atoms with van der Waals surface area (Å²) in [6, 6.07) is 1.69. The summed E-state index contributed by atoms with van der Waals surface area (Å²) in [5.41, 5.74) is 0.727. The molecule has 1 aromatic carbocycles. The molecule has 1 unspecified atom stereocenters. The highest BCUT2D eigenvalue weighted by molar-refractivity contribution is 6.02. The van der Waals surface area contributed by atoms with E-state index in [1.54, 1.807) is 0 Å². The van der Waals surface area contributed by atoms with E-state index in [2.05, 4.69) is 26.0 Å². The molecule has 1 aliphatic heterocycles. The highest BCUT2D eigenvalue weighted by Gasteiger charge is 2.28. The number of hydrogen-bond acceptors (Lipinski definition) is 7. The van der Waals surface area contributed by atoms with E-state index in [9.17, 15) is 24.5 Å². The maximum absolute atomic E-state index is 12.2. The molecule has 3 amide bonds. The number of piperidine rings is 1. The van der Waals surface area contributed by atoms with Crippen molar-refractivity contribution in [3.63, 3.8) is 0 Å². The summed E-state index contributed by atoms with van der Waals surface area (Å²) in [5.74, 6) is -1.45. The fraction of sp³-hybridized carbons (Fsp3) is 0.308. The van der Waals surface area contributed by atoms with Crippen molar-refractivity contribution in [1.29, 1.82) is 0 Å². The van der Waals surface area contributed by atoms with Crippen LogP contribution in [-0.4, -0.2) is 44.1 Å². The molecule has 0 saturated carbocycles. The van der Waals surface area contributed by atoms with Crippen molar-refractivity contribution in [3.8, 4) is 0 Å². The van der Waals surface area contributed by atoms with E-state index in [1.807, 2.05) is 0 Å². The molecule has 1 fully saturated rings. The third-order valence-corrected chi connectivity index (χ3v) is 3.62. The van der Waals surface area contributed by atoms with Crippen LogP contribution in [-0.2, 0) is 20.8 Å². The number of non-ortho nitro benzene ring substituents is 1. The number of aromatic amines is 1. The van der Waals surface area contributed by atoms with Crippen LogP contribution in [0.2, 0.25) is 0 Å². The Kier molecular flexibility index (Phi) is 3.90. The summed E-state index contributed by atoms with van der Waals surface area (Å²) >= 11 is 0. The first-order chi connectivity index (χ1) is 11.4. The topological polar surface area (TPSA) is 160 Å². The van der Waals surface area contributed by atoms with Gasteiger partial charge < -0.3 is 5.32 Å². The molecular weight excluding hydrogens is 320 g/mol. The van der Waals surface area contributed by atoms with Gasteiger partial charge in [0.15, 0.2) is 0 Å². The van der Waals surface area contributed by atoms with Gasteiger partial charge in [0.1, 0.15) is 17.1 Å². The van der Waals surface area contributed by atoms with Crippen molar-refractivity contribution in [2.24, 2.45) is 0 Å². The van der Waals surface area contributed by atoms with Crippen LogP contribution in [0.1, 0.15) is 18.4 Å². The van der Waals surface area contributed by atoms with E-state index in [0.29, 0.717) is 11.1 Å². The molecule has 1 aliphatic rings. The predicted octanol–water partition coefficient (Wildman–Crippen LogP) is -0.670. The molecule has 3 N–H and O–H groups in total. The summed E-state index contributed by atoms with van der Waals surface area (Å²) in [4.78, 5) is 45.3. The van der Waals surface area contributed by atoms with Crippen molar-refractivity contribution < 1.29 is 19.3 Å². The minimum atomic E-state index is -0.804. The number of benzene rings is 1. The first-order valence-corrected chi connectivity index (χ1v) is 7.05. The zero-order chi connectivity index (χ0) is 17.3. The van der Waals surface area contributed by atoms with Crippen molar-refractivity contribution in [1.82, 2.24) is 26.0 Å². The van der Waals surface area contributed by atoms with Gasteiger partial charge in [-0.25, -0.2) is 0 Å². The van der Waals surface area contributed by atoms with Crippen LogP contribution in [0.5, 0.6) is 0 Å². The summed E-state index contributed by atoms with van der Waals surface area (Å²) < 4.78 is 0. The van der Waals surface area contributed by atoms with Crippen molar-refractivity contribution in [3.05, 3.63) is 27.8 Å². The molecule has 0 aliphatic carbocycles. The molecule has 11 nitrogen and oxygen atoms in total. The predicted molar refractivity (Wildman–Crippen MR) is 78.6 cm³/mol. The Morgan fingerprint density at radius 3 is 2.88 bits per heavy atom. The molecule has 1 aromatic heterocycles. The molecule has 11 heteroatoms. The zero-order valence-corrected chi connectivity index (χ0v) is 12.2. The minimum Gasteiger partial charge on any atom is -0.344 e. The van der Waals surface area contributed by atoms with Crippen LogP contribution in [0.25, 0.3) is 11.0 Å². The van der Waals surface area contributed by atoms with Crippen molar-refractivity contribution >= 4 is 34.4 Å². The van der Waals surface area contributed by atoms with Gasteiger partial charge in [-0.05, 0) is 12.0 Å². The summed E-state index contributed by atoms with van der Waals surface area (Å²) in [6.45, 7) is 0. The molecule has 1 atom stereocenters. The molecule has 3 rings (SSSR count). The highest BCUT2D eigenvalue weighted by atomic mass is 16.6. The molecule has 0 radical (unpaired) electrons. The smallest absolute Gasteiger partial charge is 0.272 e. The van der Waals surface area contributed by atoms with Gasteiger partial charge in [0.2, 0.25) is 17.7 Å². The fourth-order valence-corrected chi connectivity index (χ4v) is 2.49. The number of nitro groups is 1. The number of amides is 3. The van der Waals surface area contributed by atoms with Gasteiger partial charge in [0.25, 0.3) is 5.69 Å². The molecule has 2 heterocycles. The van der Waals surface area contributed by atoms with Gasteiger partial charge >= 0.3 is 0 Å². The van der Waals surface area contributed by atoms with E-state index >= 15 is 0 Å². The van der Waals surface area contributed by atoms with E-state index in [0.717, 1.165) is 0 Å². The van der Waals surface area contributed by atoms with Crippen LogP contribution in [0.15, 0.2) is 12.1 Å². The Balaban J connectivity index is 1.78. The van der Waals surface area contributed by atoms with Gasteiger partial charge in [-0.1, -0.05) is 0 Å². The quantitative estimate of drug-likeness (QED) is 0.380. The summed E-state index contributed by atoms with van der Waals surface area (Å²) in [7, 11) is 0. The van der Waals surface area contributed by atoms with Crippen LogP contribution in [0.4, 0.5) is 5.69 Å². The summed E-state index contributed by atoms with van der Waals surface area (Å²) in [6.07, 6.45) is 0.147. The lowest BCUT2D eigenvalue weighted by atomic mass is 10.0. The Labute approximate surface area is 133 Å². The van der Waals surface area contributed by atoms with E-state index < -0.39 is 22.8 Å². The van der Waals surface area contributed by atoms with Crippen LogP contribution >= 0.6 is 0 Å². The summed E-state index contributed by atoms with van der Waals surface area (Å²) in [5, 5.41) is 25.6. The van der Waals surface area contributed by atoms with Gasteiger partial charge in [0, 0.05) is 18.6 Å². The van der Waals surface area contributed by atoms with Crippen molar-refractivity contribution in [2.45, 2.75) is 25.3 Å². The van der Waals surface area contributed by atoms with Crippen LogP contribution < -0.4 is 10.6 Å². The second-order valence-electron chi connectivity index (χ2n) is 5.30. The standard InChI is InChI=1S/C13H12N6O5/c20-10-2-1-8(13(22)15-10)14-11(21)4-6-3-7(19(23)24)5-9-12(6)17-18-16-9/h3,5,8H,1-2,4H2,(H,14,21)(H,15,20,22)(H,16,17,18). The lowest BCUT2D eigenvalue weighted by molar-refractivity contribution is -0.384. The van der Waals surface area contributed by atoms with Crippen LogP contribution in [0, 0.1) is 10.1 Å². The number of nitrogens with one attached hydrogen (secondary N) is 3. The molecule has 0 spiro atoms.